The van der Waals surface area contributed by atoms with Crippen molar-refractivity contribution in [3.8, 4) is 0 Å². The van der Waals surface area contributed by atoms with Gasteiger partial charge in [0.1, 0.15) is 0 Å². The number of aliphatic imine (C=N–C) groups is 1. The second-order valence-corrected chi connectivity index (χ2v) is 7.71. The van der Waals surface area contributed by atoms with Crippen LogP contribution < -0.4 is 21.7 Å². The van der Waals surface area contributed by atoms with Crippen molar-refractivity contribution >= 4 is 41.1 Å². The Hall–Kier alpha value is -4.69. The van der Waals surface area contributed by atoms with Crippen molar-refractivity contribution < 1.29 is 42.6 Å². The molecule has 1 aliphatic heterocycles. The number of carbonyl (C=O) groups excluding carboxylic acids is 2. The van der Waals surface area contributed by atoms with Crippen LogP contribution in [0.2, 0.25) is 0 Å². The number of aliphatic carboxylic acids is 2. The Morgan fingerprint density at radius 2 is 1.86 bits per heavy atom. The molecule has 0 aliphatic carbocycles. The molecule has 2 amide bonds. The fourth-order valence-corrected chi connectivity index (χ4v) is 3.31. The number of nitrogens with one attached hydrogen (secondary N) is 1. The molecule has 198 valence electrons. The number of carbonyl (C=O) groups is 4. The second-order valence-electron chi connectivity index (χ2n) is 7.71. The van der Waals surface area contributed by atoms with Crippen molar-refractivity contribution in [2.24, 2.45) is 22.4 Å². The van der Waals surface area contributed by atoms with Gasteiger partial charge in [0, 0.05) is 31.0 Å². The molecule has 37 heavy (non-hydrogen) atoms. The van der Waals surface area contributed by atoms with E-state index in [2.05, 4.69) is 15.3 Å². The molecule has 3 rings (SSSR count). The van der Waals surface area contributed by atoms with Gasteiger partial charge in [-0.05, 0) is 29.8 Å². The molecule has 2 heterocycles. The fraction of sp³-hybridized carbons (Fsp3) is 0.273. The summed E-state index contributed by atoms with van der Waals surface area (Å²) in [6.07, 6.45) is -2.28. The van der Waals surface area contributed by atoms with Crippen molar-refractivity contribution in [2.45, 2.75) is 25.1 Å². The standard InChI is InChI=1S/C20H22N6O4.C2HF3O2/c21-20(22)24-14-4-1-5-15(8-14)26-11-13(7-17(26)27)19(30)25-16(9-18(28)29)12-3-2-6-23-10-12;3-2(4,5)1(6)7/h1-6,8,10,13,16H,7,9,11H2,(H,25,30)(H,28,29)(H4,21,22,24);(H,6,7). The number of nitrogens with zero attached hydrogens (tertiary/aromatic N) is 3. The van der Waals surface area contributed by atoms with Gasteiger partial charge < -0.3 is 31.9 Å². The van der Waals surface area contributed by atoms with E-state index in [9.17, 15) is 32.7 Å². The average molecular weight is 524 g/mol. The molecule has 0 radical (unpaired) electrons. The first kappa shape index (κ1) is 28.5. The van der Waals surface area contributed by atoms with Crippen LogP contribution >= 0.6 is 0 Å². The minimum atomic E-state index is -5.08. The highest BCUT2D eigenvalue weighted by Gasteiger charge is 2.38. The van der Waals surface area contributed by atoms with Crippen LogP contribution in [-0.4, -0.2) is 57.6 Å². The Kier molecular flexibility index (Phi) is 9.51. The lowest BCUT2D eigenvalue weighted by molar-refractivity contribution is -0.192. The van der Waals surface area contributed by atoms with Crippen LogP contribution in [0.15, 0.2) is 53.8 Å². The number of pyridine rings is 1. The van der Waals surface area contributed by atoms with Crippen molar-refractivity contribution in [3.63, 3.8) is 0 Å². The molecule has 15 heteroatoms. The summed E-state index contributed by atoms with van der Waals surface area (Å²) in [5.74, 6) is -5.12. The number of amides is 2. The third-order valence-corrected chi connectivity index (χ3v) is 4.92. The van der Waals surface area contributed by atoms with Gasteiger partial charge in [-0.3, -0.25) is 19.4 Å². The summed E-state index contributed by atoms with van der Waals surface area (Å²) in [5.41, 5.74) is 12.4. The molecule has 2 aromatic rings. The molecule has 0 saturated carbocycles. The largest absolute Gasteiger partial charge is 0.490 e. The zero-order valence-electron chi connectivity index (χ0n) is 19.1. The van der Waals surface area contributed by atoms with E-state index < -0.39 is 30.1 Å². The van der Waals surface area contributed by atoms with E-state index in [4.69, 9.17) is 21.4 Å². The molecule has 1 aliphatic rings. The van der Waals surface area contributed by atoms with Gasteiger partial charge in [0.25, 0.3) is 0 Å². The van der Waals surface area contributed by atoms with E-state index in [0.717, 1.165) is 0 Å². The Balaban J connectivity index is 0.000000604. The summed E-state index contributed by atoms with van der Waals surface area (Å²) in [6.45, 7) is 0.169. The van der Waals surface area contributed by atoms with Gasteiger partial charge in [-0.25, -0.2) is 9.79 Å². The van der Waals surface area contributed by atoms with Crippen molar-refractivity contribution in [1.29, 1.82) is 0 Å². The van der Waals surface area contributed by atoms with Gasteiger partial charge in [0.2, 0.25) is 11.8 Å². The van der Waals surface area contributed by atoms with Gasteiger partial charge in [-0.15, -0.1) is 0 Å². The lowest BCUT2D eigenvalue weighted by Crippen LogP contribution is -2.36. The highest BCUT2D eigenvalue weighted by molar-refractivity contribution is 6.00. The van der Waals surface area contributed by atoms with Crippen molar-refractivity contribution in [2.75, 3.05) is 11.4 Å². The first-order valence-electron chi connectivity index (χ1n) is 10.5. The maximum absolute atomic E-state index is 12.8. The third kappa shape index (κ3) is 8.79. The number of aromatic nitrogens is 1. The van der Waals surface area contributed by atoms with E-state index >= 15 is 0 Å². The molecular formula is C22H23F3N6O6. The number of benzene rings is 1. The molecular weight excluding hydrogens is 501 g/mol. The monoisotopic (exact) mass is 524 g/mol. The van der Waals surface area contributed by atoms with E-state index in [1.165, 1.54) is 11.1 Å². The van der Waals surface area contributed by atoms with Crippen LogP contribution in [-0.2, 0) is 19.2 Å². The summed E-state index contributed by atoms with van der Waals surface area (Å²) in [6, 6.07) is 9.41. The zero-order valence-corrected chi connectivity index (χ0v) is 19.1. The van der Waals surface area contributed by atoms with Crippen LogP contribution in [0.1, 0.15) is 24.4 Å². The molecule has 0 bridgehead atoms. The molecule has 1 fully saturated rings. The van der Waals surface area contributed by atoms with Crippen molar-refractivity contribution in [3.05, 3.63) is 54.4 Å². The molecule has 2 unspecified atom stereocenters. The summed E-state index contributed by atoms with van der Waals surface area (Å²) in [5, 5.41) is 19.1. The number of halogens is 3. The van der Waals surface area contributed by atoms with Crippen LogP contribution in [0.4, 0.5) is 24.5 Å². The van der Waals surface area contributed by atoms with Gasteiger partial charge in [-0.1, -0.05) is 12.1 Å². The Morgan fingerprint density at radius 1 is 1.19 bits per heavy atom. The summed E-state index contributed by atoms with van der Waals surface area (Å²) in [4.78, 5) is 54.8. The number of rotatable bonds is 7. The van der Waals surface area contributed by atoms with Crippen LogP contribution in [0.5, 0.6) is 0 Å². The average Bonchev–Trinajstić information content (AvgIpc) is 3.20. The number of nitrogens with two attached hydrogens (primary N) is 2. The third-order valence-electron chi connectivity index (χ3n) is 4.92. The van der Waals surface area contributed by atoms with E-state index in [1.54, 1.807) is 42.6 Å². The number of carboxylic acid groups (broad SMARTS) is 2. The normalized spacial score (nSPS) is 15.7. The molecule has 1 aromatic carbocycles. The molecule has 7 N–H and O–H groups in total. The molecule has 0 spiro atoms. The molecule has 1 saturated heterocycles. The van der Waals surface area contributed by atoms with Gasteiger partial charge in [0.15, 0.2) is 5.96 Å². The summed E-state index contributed by atoms with van der Waals surface area (Å²) < 4.78 is 31.7. The van der Waals surface area contributed by atoms with Crippen LogP contribution in [0.25, 0.3) is 0 Å². The summed E-state index contributed by atoms with van der Waals surface area (Å²) >= 11 is 0. The lowest BCUT2D eigenvalue weighted by atomic mass is 10.0. The predicted molar refractivity (Wildman–Crippen MR) is 123 cm³/mol. The SMILES string of the molecule is NC(N)=Nc1cccc(N2CC(C(=O)NC(CC(=O)O)c3cccnc3)CC2=O)c1.O=C(O)C(F)(F)F. The summed E-state index contributed by atoms with van der Waals surface area (Å²) in [7, 11) is 0. The molecule has 12 nitrogen and oxygen atoms in total. The Morgan fingerprint density at radius 3 is 2.41 bits per heavy atom. The minimum absolute atomic E-state index is 0.0190. The van der Waals surface area contributed by atoms with E-state index in [-0.39, 0.29) is 37.2 Å². The highest BCUT2D eigenvalue weighted by atomic mass is 19.4. The number of anilines is 1. The topological polar surface area (TPSA) is 201 Å². The predicted octanol–water partition coefficient (Wildman–Crippen LogP) is 1.30. The number of hydrogen-bond donors (Lipinski definition) is 5. The van der Waals surface area contributed by atoms with E-state index in [0.29, 0.717) is 16.9 Å². The smallest absolute Gasteiger partial charge is 0.481 e. The molecule has 2 atom stereocenters. The minimum Gasteiger partial charge on any atom is -0.481 e. The Bertz CT molecular complexity index is 1170. The van der Waals surface area contributed by atoms with Gasteiger partial charge in [0.05, 0.1) is 24.1 Å². The first-order valence-corrected chi connectivity index (χ1v) is 10.5. The first-order chi connectivity index (χ1) is 17.3. The van der Waals surface area contributed by atoms with Crippen LogP contribution in [0, 0.1) is 5.92 Å². The number of guanidine groups is 1. The van der Waals surface area contributed by atoms with Crippen molar-refractivity contribution in [1.82, 2.24) is 10.3 Å². The Labute approximate surface area is 207 Å². The second kappa shape index (κ2) is 12.3. The zero-order chi connectivity index (χ0) is 27.8. The van der Waals surface area contributed by atoms with E-state index in [1.807, 2.05) is 0 Å². The van der Waals surface area contributed by atoms with Gasteiger partial charge in [-0.2, -0.15) is 13.2 Å². The number of alkyl halides is 3. The highest BCUT2D eigenvalue weighted by Crippen LogP contribution is 2.29. The molecule has 1 aromatic heterocycles. The maximum atomic E-state index is 12.8. The lowest BCUT2D eigenvalue weighted by Gasteiger charge is -2.20. The van der Waals surface area contributed by atoms with Crippen LogP contribution in [0.3, 0.4) is 0 Å². The quantitative estimate of drug-likeness (QED) is 0.261. The maximum Gasteiger partial charge on any atom is 0.490 e. The number of carboxylic acids is 2. The van der Waals surface area contributed by atoms with Gasteiger partial charge >= 0.3 is 18.1 Å². The number of hydrogen-bond acceptors (Lipinski definition) is 6. The fourth-order valence-electron chi connectivity index (χ4n) is 3.31.